The fraction of sp³-hybridized carbons (Fsp3) is 0.324. The predicted octanol–water partition coefficient (Wildman–Crippen LogP) is 11.1. The lowest BCUT2D eigenvalue weighted by Crippen LogP contribution is -2.33. The summed E-state index contributed by atoms with van der Waals surface area (Å²) in [6.07, 6.45) is 4.55. The van der Waals surface area contributed by atoms with Crippen LogP contribution in [0.1, 0.15) is 78.0 Å². The summed E-state index contributed by atoms with van der Waals surface area (Å²) >= 11 is 1.93. The third kappa shape index (κ3) is 3.91. The van der Waals surface area contributed by atoms with Gasteiger partial charge in [-0.25, -0.2) is 0 Å². The Balaban J connectivity index is 1.44. The molecular formula is C37H37NS. The molecule has 6 aromatic rings. The van der Waals surface area contributed by atoms with Gasteiger partial charge in [0, 0.05) is 37.3 Å². The number of nitrogens with zero attached hydrogens (tertiary/aromatic N) is 1. The normalized spacial score (nSPS) is 16.8. The Morgan fingerprint density at radius 3 is 2.08 bits per heavy atom. The van der Waals surface area contributed by atoms with E-state index in [0.717, 1.165) is 5.69 Å². The average Bonchev–Trinajstić information content (AvgIpc) is 3.24. The van der Waals surface area contributed by atoms with Crippen molar-refractivity contribution in [2.24, 2.45) is 0 Å². The van der Waals surface area contributed by atoms with Gasteiger partial charge in [0.05, 0.1) is 5.69 Å². The number of hydrogen-bond donors (Lipinski definition) is 0. The van der Waals surface area contributed by atoms with Crippen LogP contribution in [-0.4, -0.2) is 4.98 Å². The molecule has 0 spiro atoms. The molecule has 0 atom stereocenters. The van der Waals surface area contributed by atoms with Crippen molar-refractivity contribution in [1.29, 1.82) is 0 Å². The minimum Gasteiger partial charge on any atom is -0.256 e. The van der Waals surface area contributed by atoms with E-state index in [1.54, 1.807) is 0 Å². The van der Waals surface area contributed by atoms with Crippen LogP contribution < -0.4 is 0 Å². The molecule has 0 saturated carbocycles. The fourth-order valence-electron chi connectivity index (χ4n) is 6.71. The molecule has 1 aliphatic rings. The molecule has 2 heteroatoms. The largest absolute Gasteiger partial charge is 0.256 e. The van der Waals surface area contributed by atoms with E-state index in [1.807, 2.05) is 11.3 Å². The van der Waals surface area contributed by atoms with Gasteiger partial charge in [-0.05, 0) is 104 Å². The molecule has 196 valence electrons. The maximum Gasteiger partial charge on any atom is 0.0708 e. The zero-order chi connectivity index (χ0) is 27.3. The Morgan fingerprint density at radius 2 is 1.33 bits per heavy atom. The number of fused-ring (bicyclic) bond motifs is 6. The van der Waals surface area contributed by atoms with Gasteiger partial charge in [0.15, 0.2) is 0 Å². The lowest BCUT2D eigenvalue weighted by molar-refractivity contribution is 0.332. The van der Waals surface area contributed by atoms with Gasteiger partial charge in [-0.3, -0.25) is 4.98 Å². The molecule has 1 aliphatic carbocycles. The van der Waals surface area contributed by atoms with Gasteiger partial charge in [-0.1, -0.05) is 72.7 Å². The van der Waals surface area contributed by atoms with Crippen LogP contribution in [0.5, 0.6) is 0 Å². The molecule has 2 heterocycles. The monoisotopic (exact) mass is 527 g/mol. The first-order valence-electron chi connectivity index (χ1n) is 14.3. The van der Waals surface area contributed by atoms with Crippen molar-refractivity contribution in [3.63, 3.8) is 0 Å². The molecule has 4 aromatic carbocycles. The molecule has 2 aromatic heterocycles. The third-order valence-electron chi connectivity index (χ3n) is 9.25. The van der Waals surface area contributed by atoms with Crippen LogP contribution in [0.4, 0.5) is 0 Å². The van der Waals surface area contributed by atoms with Crippen LogP contribution in [0, 0.1) is 0 Å². The summed E-state index contributed by atoms with van der Waals surface area (Å²) in [4.78, 5) is 4.97. The van der Waals surface area contributed by atoms with Gasteiger partial charge in [-0.15, -0.1) is 11.3 Å². The lowest BCUT2D eigenvalue weighted by Gasteiger charge is -2.41. The smallest absolute Gasteiger partial charge is 0.0708 e. The second-order valence-electron chi connectivity index (χ2n) is 14.0. The third-order valence-corrected chi connectivity index (χ3v) is 10.4. The second-order valence-corrected chi connectivity index (χ2v) is 15.1. The quantitative estimate of drug-likeness (QED) is 0.207. The highest BCUT2D eigenvalue weighted by atomic mass is 32.1. The van der Waals surface area contributed by atoms with Crippen molar-refractivity contribution in [3.05, 3.63) is 89.6 Å². The molecular weight excluding hydrogens is 490 g/mol. The Kier molecular flexibility index (Phi) is 5.18. The summed E-state index contributed by atoms with van der Waals surface area (Å²) < 4.78 is 2.76. The molecule has 0 amide bonds. The maximum atomic E-state index is 4.97. The Bertz CT molecular complexity index is 1940. The predicted molar refractivity (Wildman–Crippen MR) is 172 cm³/mol. The number of thiophene rings is 1. The summed E-state index contributed by atoms with van der Waals surface area (Å²) in [5.41, 5.74) is 7.16. The Labute approximate surface area is 235 Å². The highest BCUT2D eigenvalue weighted by Crippen LogP contribution is 2.49. The SMILES string of the molecule is CC(C)(C)c1cc(-c2cc3cc4c(cc3cn2)sc2cc3c(cc24)C(C)(C)CCC3(C)C)cc2ccccc12. The summed E-state index contributed by atoms with van der Waals surface area (Å²) in [5, 5.41) is 7.85. The first-order valence-corrected chi connectivity index (χ1v) is 15.1. The molecule has 1 nitrogen and oxygen atoms in total. The number of rotatable bonds is 1. The van der Waals surface area contributed by atoms with E-state index in [0.29, 0.717) is 0 Å². The van der Waals surface area contributed by atoms with Crippen molar-refractivity contribution >= 4 is 53.1 Å². The van der Waals surface area contributed by atoms with Crippen molar-refractivity contribution in [2.45, 2.75) is 77.6 Å². The fourth-order valence-corrected chi connectivity index (χ4v) is 7.87. The second kappa shape index (κ2) is 8.15. The summed E-state index contributed by atoms with van der Waals surface area (Å²) in [6.45, 7) is 16.6. The molecule has 0 aliphatic heterocycles. The summed E-state index contributed by atoms with van der Waals surface area (Å²) in [6, 6.07) is 25.5. The number of hydrogen-bond acceptors (Lipinski definition) is 2. The van der Waals surface area contributed by atoms with Gasteiger partial charge in [0.1, 0.15) is 0 Å². The van der Waals surface area contributed by atoms with E-state index in [1.165, 1.54) is 76.8 Å². The van der Waals surface area contributed by atoms with Crippen LogP contribution in [0.2, 0.25) is 0 Å². The minimum absolute atomic E-state index is 0.0513. The van der Waals surface area contributed by atoms with Gasteiger partial charge < -0.3 is 0 Å². The molecule has 0 bridgehead atoms. The molecule has 0 unspecified atom stereocenters. The molecule has 0 saturated heterocycles. The zero-order valence-corrected chi connectivity index (χ0v) is 25.0. The lowest BCUT2D eigenvalue weighted by atomic mass is 9.63. The first-order chi connectivity index (χ1) is 18.4. The van der Waals surface area contributed by atoms with E-state index in [9.17, 15) is 0 Å². The Morgan fingerprint density at radius 1 is 0.667 bits per heavy atom. The van der Waals surface area contributed by atoms with Crippen molar-refractivity contribution in [3.8, 4) is 11.3 Å². The molecule has 0 radical (unpaired) electrons. The summed E-state index contributed by atoms with van der Waals surface area (Å²) in [7, 11) is 0. The molecule has 0 fully saturated rings. The number of aromatic nitrogens is 1. The van der Waals surface area contributed by atoms with E-state index >= 15 is 0 Å². The standard InChI is InChI=1S/C37H37NS/c1-35(2,3)29-16-24(14-22-10-8-9-11-26(22)29)32-17-23-15-27-28-19-30-31(37(6,7)13-12-36(30,4)5)20-34(28)39-33(27)18-25(23)21-38-32/h8-11,14-21H,12-13H2,1-7H3. The van der Waals surface area contributed by atoms with Crippen LogP contribution in [0.15, 0.2) is 72.9 Å². The topological polar surface area (TPSA) is 12.9 Å². The van der Waals surface area contributed by atoms with E-state index in [-0.39, 0.29) is 16.2 Å². The molecule has 7 rings (SSSR count). The van der Waals surface area contributed by atoms with Gasteiger partial charge in [0.2, 0.25) is 0 Å². The van der Waals surface area contributed by atoms with Crippen LogP contribution >= 0.6 is 11.3 Å². The van der Waals surface area contributed by atoms with Crippen molar-refractivity contribution < 1.29 is 0 Å². The zero-order valence-electron chi connectivity index (χ0n) is 24.2. The van der Waals surface area contributed by atoms with Crippen LogP contribution in [-0.2, 0) is 16.2 Å². The van der Waals surface area contributed by atoms with Gasteiger partial charge in [0.25, 0.3) is 0 Å². The van der Waals surface area contributed by atoms with Crippen molar-refractivity contribution in [1.82, 2.24) is 4.98 Å². The molecule has 0 N–H and O–H groups in total. The van der Waals surface area contributed by atoms with E-state index in [4.69, 9.17) is 4.98 Å². The number of pyridine rings is 1. The summed E-state index contributed by atoms with van der Waals surface area (Å²) in [5.74, 6) is 0. The van der Waals surface area contributed by atoms with Gasteiger partial charge in [-0.2, -0.15) is 0 Å². The van der Waals surface area contributed by atoms with E-state index in [2.05, 4.69) is 121 Å². The highest BCUT2D eigenvalue weighted by molar-refractivity contribution is 7.25. The maximum absolute atomic E-state index is 4.97. The Hall–Kier alpha value is -3.23. The van der Waals surface area contributed by atoms with Crippen LogP contribution in [0.3, 0.4) is 0 Å². The van der Waals surface area contributed by atoms with Crippen molar-refractivity contribution in [2.75, 3.05) is 0 Å². The van der Waals surface area contributed by atoms with E-state index < -0.39 is 0 Å². The number of benzene rings is 4. The average molecular weight is 528 g/mol. The minimum atomic E-state index is 0.0513. The first kappa shape index (κ1) is 24.8. The van der Waals surface area contributed by atoms with Crippen LogP contribution in [0.25, 0.3) is 53.0 Å². The molecule has 39 heavy (non-hydrogen) atoms. The highest BCUT2D eigenvalue weighted by Gasteiger charge is 2.37. The van der Waals surface area contributed by atoms with Gasteiger partial charge >= 0.3 is 0 Å².